The molecule has 0 spiro atoms. The van der Waals surface area contributed by atoms with E-state index < -0.39 is 5.60 Å². The molecule has 1 aliphatic rings. The highest BCUT2D eigenvalue weighted by atomic mass is 16.6. The van der Waals surface area contributed by atoms with E-state index in [-0.39, 0.29) is 11.9 Å². The van der Waals surface area contributed by atoms with Crippen molar-refractivity contribution >= 4 is 17.7 Å². The molecule has 1 aliphatic heterocycles. The van der Waals surface area contributed by atoms with Gasteiger partial charge in [-0.25, -0.2) is 9.78 Å². The van der Waals surface area contributed by atoms with Crippen LogP contribution in [0.2, 0.25) is 0 Å². The predicted octanol–water partition coefficient (Wildman–Crippen LogP) is 2.08. The van der Waals surface area contributed by atoms with Gasteiger partial charge >= 0.3 is 6.09 Å². The standard InChI is InChI=1S/C14H19N5O2/c1-14(2,3)21-13(20)19-7-5-18(6-8-19)12-10-16-11(15-4)9-17-12/h9-10H,5-8H2,1-3H3. The fourth-order valence-electron chi connectivity index (χ4n) is 1.98. The van der Waals surface area contributed by atoms with Crippen LogP contribution < -0.4 is 4.90 Å². The van der Waals surface area contributed by atoms with Crippen LogP contribution in [0, 0.1) is 6.57 Å². The number of nitrogens with zero attached hydrogens (tertiary/aromatic N) is 5. The summed E-state index contributed by atoms with van der Waals surface area (Å²) in [6.07, 6.45) is 2.77. The van der Waals surface area contributed by atoms with Gasteiger partial charge in [0.1, 0.15) is 5.60 Å². The lowest BCUT2D eigenvalue weighted by molar-refractivity contribution is 0.0240. The van der Waals surface area contributed by atoms with Crippen molar-refractivity contribution in [1.29, 1.82) is 0 Å². The zero-order valence-electron chi connectivity index (χ0n) is 12.5. The molecule has 7 heteroatoms. The highest BCUT2D eigenvalue weighted by Crippen LogP contribution is 2.16. The molecular weight excluding hydrogens is 270 g/mol. The molecule has 0 aliphatic carbocycles. The van der Waals surface area contributed by atoms with E-state index in [0.29, 0.717) is 26.2 Å². The summed E-state index contributed by atoms with van der Waals surface area (Å²) in [7, 11) is 0. The van der Waals surface area contributed by atoms with E-state index in [4.69, 9.17) is 11.3 Å². The lowest BCUT2D eigenvalue weighted by atomic mass is 10.2. The van der Waals surface area contributed by atoms with Crippen molar-refractivity contribution in [3.63, 3.8) is 0 Å². The summed E-state index contributed by atoms with van der Waals surface area (Å²) in [5.41, 5.74) is -0.477. The van der Waals surface area contributed by atoms with Crippen LogP contribution in [0.1, 0.15) is 20.8 Å². The average Bonchev–Trinajstić information content (AvgIpc) is 2.46. The zero-order chi connectivity index (χ0) is 15.5. The number of ether oxygens (including phenoxy) is 1. The number of hydrogen-bond donors (Lipinski definition) is 0. The molecule has 21 heavy (non-hydrogen) atoms. The fourth-order valence-corrected chi connectivity index (χ4v) is 1.98. The van der Waals surface area contributed by atoms with Gasteiger partial charge in [0.25, 0.3) is 5.82 Å². The normalized spacial score (nSPS) is 15.5. The maximum absolute atomic E-state index is 12.0. The van der Waals surface area contributed by atoms with Gasteiger partial charge in [0.05, 0.1) is 6.20 Å². The molecule has 0 radical (unpaired) electrons. The Balaban J connectivity index is 1.91. The molecule has 0 bridgehead atoms. The minimum atomic E-state index is -0.477. The van der Waals surface area contributed by atoms with E-state index in [1.165, 1.54) is 6.20 Å². The van der Waals surface area contributed by atoms with E-state index in [1.54, 1.807) is 11.1 Å². The first-order valence-electron chi connectivity index (χ1n) is 6.81. The van der Waals surface area contributed by atoms with E-state index in [1.807, 2.05) is 25.7 Å². The average molecular weight is 289 g/mol. The maximum atomic E-state index is 12.0. The van der Waals surface area contributed by atoms with Gasteiger partial charge in [0.2, 0.25) is 0 Å². The molecule has 1 saturated heterocycles. The molecule has 0 N–H and O–H groups in total. The van der Waals surface area contributed by atoms with Crippen LogP contribution in [0.4, 0.5) is 16.4 Å². The summed E-state index contributed by atoms with van der Waals surface area (Å²) in [5, 5.41) is 0. The van der Waals surface area contributed by atoms with Crippen molar-refractivity contribution in [1.82, 2.24) is 14.9 Å². The van der Waals surface area contributed by atoms with Crippen molar-refractivity contribution in [3.05, 3.63) is 23.8 Å². The van der Waals surface area contributed by atoms with Crippen molar-refractivity contribution in [3.8, 4) is 0 Å². The van der Waals surface area contributed by atoms with Gasteiger partial charge in [0, 0.05) is 26.2 Å². The SMILES string of the molecule is [C-]#[N+]c1cnc(N2CCN(C(=O)OC(C)(C)C)CC2)cn1. The van der Waals surface area contributed by atoms with Crippen molar-refractivity contribution in [2.45, 2.75) is 26.4 Å². The van der Waals surface area contributed by atoms with Crippen LogP contribution in [-0.4, -0.2) is 52.7 Å². The second-order valence-corrected chi connectivity index (χ2v) is 5.80. The first-order chi connectivity index (χ1) is 9.89. The lowest BCUT2D eigenvalue weighted by Crippen LogP contribution is -2.50. The minimum Gasteiger partial charge on any atom is -0.444 e. The molecule has 0 atom stereocenters. The first-order valence-corrected chi connectivity index (χ1v) is 6.81. The van der Waals surface area contributed by atoms with Gasteiger partial charge in [-0.1, -0.05) is 6.57 Å². The molecule has 1 fully saturated rings. The Bertz CT molecular complexity index is 536. The quantitative estimate of drug-likeness (QED) is 0.741. The number of hydrogen-bond acceptors (Lipinski definition) is 5. The van der Waals surface area contributed by atoms with Crippen molar-refractivity contribution in [2.75, 3.05) is 31.1 Å². The third-order valence-corrected chi connectivity index (χ3v) is 2.99. The molecule has 0 saturated carbocycles. The van der Waals surface area contributed by atoms with Crippen LogP contribution in [0.3, 0.4) is 0 Å². The summed E-state index contributed by atoms with van der Waals surface area (Å²) in [6.45, 7) is 14.9. The summed E-state index contributed by atoms with van der Waals surface area (Å²) < 4.78 is 5.36. The van der Waals surface area contributed by atoms with Crippen LogP contribution in [0.5, 0.6) is 0 Å². The highest BCUT2D eigenvalue weighted by Gasteiger charge is 2.26. The van der Waals surface area contributed by atoms with Crippen molar-refractivity contribution in [2.24, 2.45) is 0 Å². The second kappa shape index (κ2) is 5.95. The predicted molar refractivity (Wildman–Crippen MR) is 78.3 cm³/mol. The Kier molecular flexibility index (Phi) is 4.26. The molecule has 2 rings (SSSR count). The minimum absolute atomic E-state index is 0.281. The number of rotatable bonds is 1. The van der Waals surface area contributed by atoms with E-state index >= 15 is 0 Å². The van der Waals surface area contributed by atoms with Crippen LogP contribution in [0.25, 0.3) is 4.85 Å². The van der Waals surface area contributed by atoms with Crippen LogP contribution in [-0.2, 0) is 4.74 Å². The van der Waals surface area contributed by atoms with E-state index in [0.717, 1.165) is 5.82 Å². The molecule has 1 aromatic heterocycles. The first kappa shape index (κ1) is 15.0. The Labute approximate surface area is 124 Å². The largest absolute Gasteiger partial charge is 0.444 e. The van der Waals surface area contributed by atoms with Crippen molar-refractivity contribution < 1.29 is 9.53 Å². The molecular formula is C14H19N5O2. The van der Waals surface area contributed by atoms with E-state index in [2.05, 4.69) is 14.8 Å². The van der Waals surface area contributed by atoms with Gasteiger partial charge in [0.15, 0.2) is 12.0 Å². The lowest BCUT2D eigenvalue weighted by Gasteiger charge is -2.35. The van der Waals surface area contributed by atoms with Gasteiger partial charge in [-0.15, -0.1) is 4.98 Å². The fraction of sp³-hybridized carbons (Fsp3) is 0.571. The van der Waals surface area contributed by atoms with Crippen LogP contribution in [0.15, 0.2) is 12.4 Å². The Morgan fingerprint density at radius 3 is 2.38 bits per heavy atom. The number of amides is 1. The van der Waals surface area contributed by atoms with E-state index in [9.17, 15) is 4.79 Å². The Morgan fingerprint density at radius 1 is 1.24 bits per heavy atom. The van der Waals surface area contributed by atoms with Gasteiger partial charge in [-0.2, -0.15) is 0 Å². The molecule has 1 amide bonds. The summed E-state index contributed by atoms with van der Waals surface area (Å²) in [6, 6.07) is 0. The molecule has 2 heterocycles. The summed E-state index contributed by atoms with van der Waals surface area (Å²) in [4.78, 5) is 27.1. The smallest absolute Gasteiger partial charge is 0.410 e. The monoisotopic (exact) mass is 289 g/mol. The third kappa shape index (κ3) is 4.05. The topological polar surface area (TPSA) is 62.9 Å². The molecule has 0 aromatic carbocycles. The molecule has 0 unspecified atom stereocenters. The number of carbonyl (C=O) groups is 1. The van der Waals surface area contributed by atoms with Gasteiger partial charge < -0.3 is 19.4 Å². The molecule has 7 nitrogen and oxygen atoms in total. The van der Waals surface area contributed by atoms with Crippen LogP contribution >= 0.6 is 0 Å². The number of aromatic nitrogens is 2. The Hall–Kier alpha value is -2.36. The number of anilines is 1. The van der Waals surface area contributed by atoms with Gasteiger partial charge in [-0.05, 0) is 20.8 Å². The highest BCUT2D eigenvalue weighted by molar-refractivity contribution is 5.68. The Morgan fingerprint density at radius 2 is 1.90 bits per heavy atom. The molecule has 112 valence electrons. The number of carbonyl (C=O) groups excluding carboxylic acids is 1. The number of piperazine rings is 1. The van der Waals surface area contributed by atoms with Gasteiger partial charge in [-0.3, -0.25) is 0 Å². The maximum Gasteiger partial charge on any atom is 0.410 e. The second-order valence-electron chi connectivity index (χ2n) is 5.80. The molecule has 1 aromatic rings. The summed E-state index contributed by atoms with van der Waals surface area (Å²) in [5.74, 6) is 1.01. The third-order valence-electron chi connectivity index (χ3n) is 2.99. The zero-order valence-corrected chi connectivity index (χ0v) is 12.5. The summed E-state index contributed by atoms with van der Waals surface area (Å²) >= 11 is 0.